The van der Waals surface area contributed by atoms with Gasteiger partial charge < -0.3 is 15.2 Å². The summed E-state index contributed by atoms with van der Waals surface area (Å²) >= 11 is 0. The predicted molar refractivity (Wildman–Crippen MR) is 67.9 cm³/mol. The van der Waals surface area contributed by atoms with Gasteiger partial charge in [-0.05, 0) is 12.0 Å². The van der Waals surface area contributed by atoms with Gasteiger partial charge in [0.05, 0.1) is 24.7 Å². The molecule has 0 saturated carbocycles. The van der Waals surface area contributed by atoms with E-state index in [1.807, 2.05) is 13.8 Å². The molecule has 0 amide bonds. The number of methoxy groups -OCH3 is 1. The lowest BCUT2D eigenvalue weighted by atomic mass is 10.1. The van der Waals surface area contributed by atoms with Crippen LogP contribution in [0.4, 0.5) is 5.69 Å². The molecule has 1 aromatic carbocycles. The van der Waals surface area contributed by atoms with Crippen LogP contribution in [0.15, 0.2) is 12.1 Å². The summed E-state index contributed by atoms with van der Waals surface area (Å²) in [6, 6.07) is 2.91. The van der Waals surface area contributed by atoms with Gasteiger partial charge in [0.2, 0.25) is 0 Å². The van der Waals surface area contributed by atoms with Crippen LogP contribution in [0.5, 0.6) is 11.5 Å². The Balaban J connectivity index is 3.14. The summed E-state index contributed by atoms with van der Waals surface area (Å²) in [6.07, 6.45) is 0. The number of nitro groups is 1. The van der Waals surface area contributed by atoms with Gasteiger partial charge in [0.15, 0.2) is 11.5 Å². The maximum Gasteiger partial charge on any atom is 0.277 e. The zero-order chi connectivity index (χ0) is 13.7. The van der Waals surface area contributed by atoms with E-state index in [2.05, 4.69) is 0 Å². The fraction of sp³-hybridized carbons (Fsp3) is 0.500. The van der Waals surface area contributed by atoms with Gasteiger partial charge in [-0.1, -0.05) is 13.8 Å². The van der Waals surface area contributed by atoms with Gasteiger partial charge in [-0.2, -0.15) is 0 Å². The summed E-state index contributed by atoms with van der Waals surface area (Å²) in [5.41, 5.74) is 5.86. The van der Waals surface area contributed by atoms with Crippen molar-refractivity contribution in [3.63, 3.8) is 0 Å². The van der Waals surface area contributed by atoms with Crippen LogP contribution in [-0.2, 0) is 6.54 Å². The average Bonchev–Trinajstić information content (AvgIpc) is 2.34. The first-order valence-electron chi connectivity index (χ1n) is 5.67. The topological polar surface area (TPSA) is 87.6 Å². The van der Waals surface area contributed by atoms with Gasteiger partial charge in [-0.25, -0.2) is 0 Å². The fourth-order valence-corrected chi connectivity index (χ4v) is 1.45. The van der Waals surface area contributed by atoms with E-state index in [1.165, 1.54) is 13.2 Å². The van der Waals surface area contributed by atoms with Gasteiger partial charge in [-0.15, -0.1) is 0 Å². The van der Waals surface area contributed by atoms with Crippen molar-refractivity contribution in [2.45, 2.75) is 20.4 Å². The molecule has 1 aromatic rings. The van der Waals surface area contributed by atoms with Crippen molar-refractivity contribution in [1.29, 1.82) is 0 Å². The molecule has 0 aliphatic heterocycles. The molecule has 0 aliphatic rings. The van der Waals surface area contributed by atoms with Crippen molar-refractivity contribution >= 4 is 5.69 Å². The van der Waals surface area contributed by atoms with E-state index in [9.17, 15) is 10.1 Å². The van der Waals surface area contributed by atoms with Crippen LogP contribution >= 0.6 is 0 Å². The molecule has 1 rings (SSSR count). The Morgan fingerprint density at radius 3 is 2.50 bits per heavy atom. The van der Waals surface area contributed by atoms with Crippen LogP contribution in [0.2, 0.25) is 0 Å². The summed E-state index contributed by atoms with van der Waals surface area (Å²) in [7, 11) is 1.49. The summed E-state index contributed by atoms with van der Waals surface area (Å²) in [5, 5.41) is 10.9. The molecule has 0 unspecified atom stereocenters. The molecule has 0 bridgehead atoms. The van der Waals surface area contributed by atoms with E-state index >= 15 is 0 Å². The third kappa shape index (κ3) is 3.33. The standard InChI is InChI=1S/C12H18N2O4/c1-8(2)7-18-12-5-10(14(15)16)9(6-13)4-11(12)17-3/h4-5,8H,6-7,13H2,1-3H3. The molecule has 0 aromatic heterocycles. The zero-order valence-corrected chi connectivity index (χ0v) is 10.8. The molecule has 6 nitrogen and oxygen atoms in total. The minimum atomic E-state index is -0.468. The van der Waals surface area contributed by atoms with Gasteiger partial charge in [0.1, 0.15) is 0 Å². The SMILES string of the molecule is COc1cc(CN)c([N+](=O)[O-])cc1OCC(C)C. The summed E-state index contributed by atoms with van der Waals surface area (Å²) < 4.78 is 10.7. The molecule has 0 atom stereocenters. The Labute approximate surface area is 106 Å². The van der Waals surface area contributed by atoms with E-state index in [4.69, 9.17) is 15.2 Å². The van der Waals surface area contributed by atoms with Crippen molar-refractivity contribution < 1.29 is 14.4 Å². The van der Waals surface area contributed by atoms with Crippen LogP contribution in [0, 0.1) is 16.0 Å². The lowest BCUT2D eigenvalue weighted by molar-refractivity contribution is -0.385. The van der Waals surface area contributed by atoms with E-state index < -0.39 is 4.92 Å². The Kier molecular flexibility index (Phi) is 4.91. The molecule has 0 aliphatic carbocycles. The highest BCUT2D eigenvalue weighted by Gasteiger charge is 2.18. The summed E-state index contributed by atoms with van der Waals surface area (Å²) in [6.45, 7) is 4.54. The zero-order valence-electron chi connectivity index (χ0n) is 10.8. The number of nitro benzene ring substituents is 1. The smallest absolute Gasteiger partial charge is 0.277 e. The highest BCUT2D eigenvalue weighted by atomic mass is 16.6. The number of benzene rings is 1. The van der Waals surface area contributed by atoms with E-state index in [-0.39, 0.29) is 12.2 Å². The summed E-state index contributed by atoms with van der Waals surface area (Å²) in [5.74, 6) is 1.15. The minimum Gasteiger partial charge on any atom is -0.493 e. The number of hydrogen-bond donors (Lipinski definition) is 1. The normalized spacial score (nSPS) is 10.5. The Bertz CT molecular complexity index is 432. The number of ether oxygens (including phenoxy) is 2. The molecule has 2 N–H and O–H groups in total. The van der Waals surface area contributed by atoms with Gasteiger partial charge in [0, 0.05) is 12.1 Å². The average molecular weight is 254 g/mol. The quantitative estimate of drug-likeness (QED) is 0.620. The summed E-state index contributed by atoms with van der Waals surface area (Å²) in [4.78, 5) is 10.5. The van der Waals surface area contributed by atoms with Crippen LogP contribution < -0.4 is 15.2 Å². The maximum absolute atomic E-state index is 10.9. The van der Waals surface area contributed by atoms with Gasteiger partial charge in [-0.3, -0.25) is 10.1 Å². The number of rotatable bonds is 6. The monoisotopic (exact) mass is 254 g/mol. The largest absolute Gasteiger partial charge is 0.493 e. The highest BCUT2D eigenvalue weighted by molar-refractivity contribution is 5.54. The van der Waals surface area contributed by atoms with Crippen LogP contribution in [0.3, 0.4) is 0 Å². The number of hydrogen-bond acceptors (Lipinski definition) is 5. The van der Waals surface area contributed by atoms with Crippen molar-refractivity contribution in [2.75, 3.05) is 13.7 Å². The second kappa shape index (κ2) is 6.20. The lowest BCUT2D eigenvalue weighted by Gasteiger charge is -2.13. The van der Waals surface area contributed by atoms with Crippen molar-refractivity contribution in [3.8, 4) is 11.5 Å². The van der Waals surface area contributed by atoms with E-state index in [0.717, 1.165) is 0 Å². The molecule has 0 fully saturated rings. The molecule has 0 heterocycles. The first-order chi connectivity index (χ1) is 8.49. The van der Waals surface area contributed by atoms with E-state index in [0.29, 0.717) is 29.6 Å². The van der Waals surface area contributed by atoms with Crippen molar-refractivity contribution in [1.82, 2.24) is 0 Å². The first kappa shape index (κ1) is 14.2. The van der Waals surface area contributed by atoms with Crippen molar-refractivity contribution in [2.24, 2.45) is 11.7 Å². The second-order valence-corrected chi connectivity index (χ2v) is 4.30. The Hall–Kier alpha value is -1.82. The van der Waals surface area contributed by atoms with Crippen LogP contribution in [-0.4, -0.2) is 18.6 Å². The Morgan fingerprint density at radius 1 is 1.39 bits per heavy atom. The van der Waals surface area contributed by atoms with Crippen LogP contribution in [0.1, 0.15) is 19.4 Å². The molecule has 0 saturated heterocycles. The molecule has 100 valence electrons. The fourth-order valence-electron chi connectivity index (χ4n) is 1.45. The predicted octanol–water partition coefficient (Wildman–Crippen LogP) is 2.10. The molecular weight excluding hydrogens is 236 g/mol. The van der Waals surface area contributed by atoms with Gasteiger partial charge >= 0.3 is 0 Å². The third-order valence-corrected chi connectivity index (χ3v) is 2.35. The molecule has 18 heavy (non-hydrogen) atoms. The molecule has 6 heteroatoms. The second-order valence-electron chi connectivity index (χ2n) is 4.30. The molecule has 0 spiro atoms. The van der Waals surface area contributed by atoms with Gasteiger partial charge in [0.25, 0.3) is 5.69 Å². The Morgan fingerprint density at radius 2 is 2.06 bits per heavy atom. The lowest BCUT2D eigenvalue weighted by Crippen LogP contribution is -2.08. The molecular formula is C12H18N2O4. The maximum atomic E-state index is 10.9. The number of nitrogens with zero attached hydrogens (tertiary/aromatic N) is 1. The third-order valence-electron chi connectivity index (χ3n) is 2.35. The molecule has 0 radical (unpaired) electrons. The highest BCUT2D eigenvalue weighted by Crippen LogP contribution is 2.34. The number of nitrogens with two attached hydrogens (primary N) is 1. The first-order valence-corrected chi connectivity index (χ1v) is 5.67. The minimum absolute atomic E-state index is 0.0444. The van der Waals surface area contributed by atoms with E-state index in [1.54, 1.807) is 6.07 Å². The van der Waals surface area contributed by atoms with Crippen LogP contribution in [0.25, 0.3) is 0 Å². The van der Waals surface area contributed by atoms with Crippen molar-refractivity contribution in [3.05, 3.63) is 27.8 Å².